The Labute approximate surface area is 139 Å². The van der Waals surface area contributed by atoms with Crippen LogP contribution in [0.3, 0.4) is 0 Å². The summed E-state index contributed by atoms with van der Waals surface area (Å²) in [5.74, 6) is -2.26. The zero-order valence-corrected chi connectivity index (χ0v) is 13.3. The highest BCUT2D eigenvalue weighted by Crippen LogP contribution is 2.37. The highest BCUT2D eigenvalue weighted by Gasteiger charge is 2.37. The van der Waals surface area contributed by atoms with Crippen molar-refractivity contribution in [3.63, 3.8) is 0 Å². The fourth-order valence-corrected chi connectivity index (χ4v) is 1.77. The maximum Gasteiger partial charge on any atom is 0.416 e. The van der Waals surface area contributed by atoms with E-state index in [1.807, 2.05) is 13.8 Å². The molecule has 0 fully saturated rings. The highest BCUT2D eigenvalue weighted by molar-refractivity contribution is 6.39. The van der Waals surface area contributed by atoms with E-state index in [9.17, 15) is 35.9 Å². The first-order valence-corrected chi connectivity index (χ1v) is 7.19. The van der Waals surface area contributed by atoms with Crippen LogP contribution in [0.2, 0.25) is 0 Å². The van der Waals surface area contributed by atoms with Crippen LogP contribution in [-0.2, 0) is 21.9 Å². The third-order valence-corrected chi connectivity index (χ3v) is 3.06. The molecule has 4 nitrogen and oxygen atoms in total. The van der Waals surface area contributed by atoms with Gasteiger partial charge in [0.1, 0.15) is 0 Å². The lowest BCUT2D eigenvalue weighted by Crippen LogP contribution is -2.36. The molecule has 1 aromatic rings. The van der Waals surface area contributed by atoms with Gasteiger partial charge in [-0.25, -0.2) is 0 Å². The third-order valence-electron chi connectivity index (χ3n) is 3.06. The Morgan fingerprint density at radius 3 is 1.80 bits per heavy atom. The molecule has 0 aliphatic heterocycles. The van der Waals surface area contributed by atoms with Gasteiger partial charge in [0, 0.05) is 12.2 Å². The van der Waals surface area contributed by atoms with Crippen molar-refractivity contribution in [2.24, 2.45) is 5.92 Å². The molecule has 140 valence electrons. The Morgan fingerprint density at radius 1 is 0.920 bits per heavy atom. The minimum Gasteiger partial charge on any atom is -0.348 e. The minimum atomic E-state index is -5.04. The lowest BCUT2D eigenvalue weighted by atomic mass is 10.1. The average molecular weight is 370 g/mol. The van der Waals surface area contributed by atoms with E-state index in [-0.39, 0.29) is 18.5 Å². The molecule has 25 heavy (non-hydrogen) atoms. The molecule has 0 spiro atoms. The normalized spacial score (nSPS) is 12.2. The van der Waals surface area contributed by atoms with Crippen molar-refractivity contribution >= 4 is 17.5 Å². The summed E-state index contributed by atoms with van der Waals surface area (Å²) in [4.78, 5) is 23.1. The van der Waals surface area contributed by atoms with Crippen molar-refractivity contribution in [3.8, 4) is 0 Å². The van der Waals surface area contributed by atoms with Gasteiger partial charge in [0.15, 0.2) is 0 Å². The van der Waals surface area contributed by atoms with Gasteiger partial charge in [0.05, 0.1) is 11.1 Å². The standard InChI is InChI=1S/C15H16F6N2O2/c1-8(2)3-4-22-12(24)13(25)23-11-6-9(14(16,17)18)5-10(7-11)15(19,20)21/h5-8H,3-4H2,1-2H3,(H,22,24)(H,23,25). The van der Waals surface area contributed by atoms with Crippen LogP contribution in [0.5, 0.6) is 0 Å². The van der Waals surface area contributed by atoms with Crippen LogP contribution in [-0.4, -0.2) is 18.4 Å². The number of amides is 2. The van der Waals surface area contributed by atoms with Gasteiger partial charge in [-0.05, 0) is 30.5 Å². The number of anilines is 1. The highest BCUT2D eigenvalue weighted by atomic mass is 19.4. The number of carbonyl (C=O) groups excluding carboxylic acids is 2. The van der Waals surface area contributed by atoms with E-state index >= 15 is 0 Å². The third kappa shape index (κ3) is 6.63. The van der Waals surface area contributed by atoms with Crippen LogP contribution in [0.4, 0.5) is 32.0 Å². The second kappa shape index (κ2) is 7.75. The average Bonchev–Trinajstić information content (AvgIpc) is 2.44. The van der Waals surface area contributed by atoms with Crippen molar-refractivity contribution < 1.29 is 35.9 Å². The van der Waals surface area contributed by atoms with Gasteiger partial charge >= 0.3 is 24.2 Å². The molecule has 2 amide bonds. The van der Waals surface area contributed by atoms with Crippen molar-refractivity contribution in [2.45, 2.75) is 32.6 Å². The Morgan fingerprint density at radius 2 is 1.40 bits per heavy atom. The van der Waals surface area contributed by atoms with Crippen molar-refractivity contribution in [2.75, 3.05) is 11.9 Å². The van der Waals surface area contributed by atoms with Gasteiger partial charge in [-0.1, -0.05) is 13.8 Å². The quantitative estimate of drug-likeness (QED) is 0.625. The fraction of sp³-hybridized carbons (Fsp3) is 0.467. The Balaban J connectivity index is 2.97. The molecule has 2 N–H and O–H groups in total. The van der Waals surface area contributed by atoms with Crippen molar-refractivity contribution in [3.05, 3.63) is 29.3 Å². The maximum absolute atomic E-state index is 12.7. The van der Waals surface area contributed by atoms with Gasteiger partial charge in [-0.2, -0.15) is 26.3 Å². The van der Waals surface area contributed by atoms with Gasteiger partial charge < -0.3 is 10.6 Å². The second-order valence-corrected chi connectivity index (χ2v) is 5.69. The number of benzene rings is 1. The lowest BCUT2D eigenvalue weighted by molar-refractivity contribution is -0.143. The Kier molecular flexibility index (Phi) is 6.44. The first-order valence-electron chi connectivity index (χ1n) is 7.19. The summed E-state index contributed by atoms with van der Waals surface area (Å²) in [6.45, 7) is 3.89. The van der Waals surface area contributed by atoms with Gasteiger partial charge in [0.2, 0.25) is 0 Å². The predicted molar refractivity (Wildman–Crippen MR) is 77.5 cm³/mol. The first-order chi connectivity index (χ1) is 11.3. The van der Waals surface area contributed by atoms with Crippen LogP contribution in [0.25, 0.3) is 0 Å². The molecule has 1 rings (SSSR count). The van der Waals surface area contributed by atoms with Crippen LogP contribution in [0.15, 0.2) is 18.2 Å². The minimum absolute atomic E-state index is 0.0711. The molecular formula is C15H16F6N2O2. The van der Waals surface area contributed by atoms with Gasteiger partial charge in [0.25, 0.3) is 0 Å². The van der Waals surface area contributed by atoms with Crippen LogP contribution in [0.1, 0.15) is 31.4 Å². The molecule has 0 saturated heterocycles. The molecule has 10 heteroatoms. The fourth-order valence-electron chi connectivity index (χ4n) is 1.77. The van der Waals surface area contributed by atoms with Crippen LogP contribution in [0, 0.1) is 5.92 Å². The molecule has 0 aliphatic carbocycles. The molecule has 0 aromatic heterocycles. The smallest absolute Gasteiger partial charge is 0.348 e. The summed E-state index contributed by atoms with van der Waals surface area (Å²) in [5.41, 5.74) is -3.94. The molecule has 0 saturated carbocycles. The first kappa shape index (κ1) is 20.8. The second-order valence-electron chi connectivity index (χ2n) is 5.69. The number of hydrogen-bond donors (Lipinski definition) is 2. The van der Waals surface area contributed by atoms with Crippen molar-refractivity contribution in [1.82, 2.24) is 5.32 Å². The largest absolute Gasteiger partial charge is 0.416 e. The molecule has 0 atom stereocenters. The zero-order valence-electron chi connectivity index (χ0n) is 13.3. The number of hydrogen-bond acceptors (Lipinski definition) is 2. The van der Waals surface area contributed by atoms with E-state index in [1.165, 1.54) is 0 Å². The summed E-state index contributed by atoms with van der Waals surface area (Å²) in [6, 6.07) is 0.585. The molecular weight excluding hydrogens is 354 g/mol. The Bertz CT molecular complexity index is 606. The van der Waals surface area contributed by atoms with E-state index in [0.717, 1.165) is 0 Å². The van der Waals surface area contributed by atoms with Crippen LogP contribution < -0.4 is 10.6 Å². The lowest BCUT2D eigenvalue weighted by Gasteiger charge is -2.14. The molecule has 0 bridgehead atoms. The number of carbonyl (C=O) groups is 2. The predicted octanol–water partition coefficient (Wildman–Crippen LogP) is 3.83. The topological polar surface area (TPSA) is 58.2 Å². The van der Waals surface area contributed by atoms with E-state index < -0.39 is 41.0 Å². The number of nitrogens with one attached hydrogen (secondary N) is 2. The van der Waals surface area contributed by atoms with E-state index in [0.29, 0.717) is 18.6 Å². The molecule has 0 radical (unpaired) electrons. The maximum atomic E-state index is 12.7. The van der Waals surface area contributed by atoms with Gasteiger partial charge in [-0.15, -0.1) is 0 Å². The molecule has 0 heterocycles. The van der Waals surface area contributed by atoms with E-state index in [4.69, 9.17) is 0 Å². The zero-order chi connectivity index (χ0) is 19.4. The monoisotopic (exact) mass is 370 g/mol. The number of halogens is 6. The SMILES string of the molecule is CC(C)CCNC(=O)C(=O)Nc1cc(C(F)(F)F)cc(C(F)(F)F)c1. The molecule has 0 aliphatic rings. The summed E-state index contributed by atoms with van der Waals surface area (Å²) in [7, 11) is 0. The van der Waals surface area contributed by atoms with E-state index in [2.05, 4.69) is 5.32 Å². The van der Waals surface area contributed by atoms with Gasteiger partial charge in [-0.3, -0.25) is 9.59 Å². The molecule has 1 aromatic carbocycles. The van der Waals surface area contributed by atoms with Crippen LogP contribution >= 0.6 is 0 Å². The van der Waals surface area contributed by atoms with E-state index in [1.54, 1.807) is 5.32 Å². The van der Waals surface area contributed by atoms with Crippen molar-refractivity contribution in [1.29, 1.82) is 0 Å². The number of alkyl halides is 6. The summed E-state index contributed by atoms with van der Waals surface area (Å²) in [5, 5.41) is 3.98. The number of rotatable bonds is 4. The Hall–Kier alpha value is -2.26. The summed E-state index contributed by atoms with van der Waals surface area (Å²) in [6.07, 6.45) is -9.53. The molecule has 0 unspecified atom stereocenters. The summed E-state index contributed by atoms with van der Waals surface area (Å²) >= 11 is 0. The summed E-state index contributed by atoms with van der Waals surface area (Å²) < 4.78 is 76.3.